The molecule has 0 amide bonds. The minimum Gasteiger partial charge on any atom is -0.0995 e. The maximum atomic E-state index is 3.98. The van der Waals surface area contributed by atoms with Crippen LogP contribution in [0.1, 0.15) is 26.2 Å². The fraction of sp³-hybridized carbons (Fsp3) is 0.556. The molecule has 1 atom stereocenters. The zero-order chi connectivity index (χ0) is 6.85. The minimum atomic E-state index is 0.732. The van der Waals surface area contributed by atoms with Crippen LogP contribution in [0, 0.1) is 5.92 Å². The Morgan fingerprint density at radius 3 is 2.56 bits per heavy atom. The quantitative estimate of drug-likeness (QED) is 0.433. The van der Waals surface area contributed by atoms with Gasteiger partial charge in [0.15, 0.2) is 0 Å². The van der Waals surface area contributed by atoms with Gasteiger partial charge in [-0.15, -0.1) is 0 Å². The van der Waals surface area contributed by atoms with E-state index in [0.29, 0.717) is 0 Å². The minimum absolute atomic E-state index is 0.732. The first-order valence-electron chi connectivity index (χ1n) is 3.54. The summed E-state index contributed by atoms with van der Waals surface area (Å²) < 4.78 is 0. The summed E-state index contributed by atoms with van der Waals surface area (Å²) in [5, 5.41) is 0. The first-order chi connectivity index (χ1) is 4.20. The molecule has 0 nitrogen and oxygen atoms in total. The normalized spacial score (nSPS) is 28.8. The molecule has 0 heteroatoms. The van der Waals surface area contributed by atoms with Crippen LogP contribution in [-0.2, 0) is 0 Å². The Bertz CT molecular complexity index is 142. The van der Waals surface area contributed by atoms with E-state index in [0.717, 1.165) is 12.3 Å². The zero-order valence-electron chi connectivity index (χ0n) is 6.11. The van der Waals surface area contributed by atoms with Crippen LogP contribution in [0.15, 0.2) is 24.3 Å². The van der Waals surface area contributed by atoms with E-state index in [-0.39, 0.29) is 0 Å². The highest BCUT2D eigenvalue weighted by atomic mass is 14.2. The van der Waals surface area contributed by atoms with Crippen molar-refractivity contribution in [2.45, 2.75) is 26.2 Å². The number of rotatable bonds is 0. The number of hydrogen-bond donors (Lipinski definition) is 0. The summed E-state index contributed by atoms with van der Waals surface area (Å²) in [4.78, 5) is 0. The molecular weight excluding hydrogens is 108 g/mol. The topological polar surface area (TPSA) is 0 Å². The molecule has 0 saturated heterocycles. The lowest BCUT2D eigenvalue weighted by molar-refractivity contribution is 0.555. The van der Waals surface area contributed by atoms with E-state index in [1.807, 2.05) is 0 Å². The SMILES string of the molecule is C=C1CC[C@@H](C)C(=C)C1. The monoisotopic (exact) mass is 122 g/mol. The summed E-state index contributed by atoms with van der Waals surface area (Å²) in [5.41, 5.74) is 2.73. The molecular formula is C9H14. The van der Waals surface area contributed by atoms with E-state index in [9.17, 15) is 0 Å². The van der Waals surface area contributed by atoms with E-state index < -0.39 is 0 Å². The van der Waals surface area contributed by atoms with Crippen LogP contribution in [0.25, 0.3) is 0 Å². The molecule has 0 radical (unpaired) electrons. The maximum absolute atomic E-state index is 3.98. The molecule has 0 aromatic carbocycles. The maximum Gasteiger partial charge on any atom is -0.0111 e. The third-order valence-electron chi connectivity index (χ3n) is 2.10. The predicted octanol–water partition coefficient (Wildman–Crippen LogP) is 2.92. The standard InChI is InChI=1S/C9H14/c1-7-4-5-8(2)9(3)6-7/h8H,1,3-6H2,2H3/t8-/m1/s1. The lowest BCUT2D eigenvalue weighted by Crippen LogP contribution is -2.06. The van der Waals surface area contributed by atoms with Crippen LogP contribution < -0.4 is 0 Å². The highest BCUT2D eigenvalue weighted by Crippen LogP contribution is 2.29. The van der Waals surface area contributed by atoms with Crippen LogP contribution in [0.5, 0.6) is 0 Å². The zero-order valence-corrected chi connectivity index (χ0v) is 6.11. The largest absolute Gasteiger partial charge is 0.0995 e. The van der Waals surface area contributed by atoms with Gasteiger partial charge in [-0.25, -0.2) is 0 Å². The van der Waals surface area contributed by atoms with Crippen molar-refractivity contribution in [1.29, 1.82) is 0 Å². The van der Waals surface area contributed by atoms with E-state index in [4.69, 9.17) is 0 Å². The van der Waals surface area contributed by atoms with Crippen LogP contribution in [-0.4, -0.2) is 0 Å². The van der Waals surface area contributed by atoms with Crippen molar-refractivity contribution in [3.8, 4) is 0 Å². The molecule has 1 aliphatic rings. The van der Waals surface area contributed by atoms with Gasteiger partial charge in [0, 0.05) is 0 Å². The Morgan fingerprint density at radius 1 is 1.44 bits per heavy atom. The highest BCUT2D eigenvalue weighted by molar-refractivity contribution is 5.16. The van der Waals surface area contributed by atoms with Gasteiger partial charge in [0.1, 0.15) is 0 Å². The average molecular weight is 122 g/mol. The first-order valence-corrected chi connectivity index (χ1v) is 3.54. The van der Waals surface area contributed by atoms with Crippen molar-refractivity contribution >= 4 is 0 Å². The second-order valence-corrected chi connectivity index (χ2v) is 3.02. The Hall–Kier alpha value is -0.520. The molecule has 1 aliphatic carbocycles. The van der Waals surface area contributed by atoms with Crippen molar-refractivity contribution in [2.75, 3.05) is 0 Å². The third-order valence-corrected chi connectivity index (χ3v) is 2.10. The summed E-state index contributed by atoms with van der Waals surface area (Å²) in [7, 11) is 0. The van der Waals surface area contributed by atoms with Crippen molar-refractivity contribution in [3.05, 3.63) is 24.3 Å². The Balaban J connectivity index is 2.54. The van der Waals surface area contributed by atoms with Gasteiger partial charge in [0.2, 0.25) is 0 Å². The van der Waals surface area contributed by atoms with Gasteiger partial charge in [0.25, 0.3) is 0 Å². The van der Waals surface area contributed by atoms with Crippen LogP contribution in [0.4, 0.5) is 0 Å². The Labute approximate surface area is 57.3 Å². The molecule has 1 rings (SSSR count). The third kappa shape index (κ3) is 1.44. The fourth-order valence-corrected chi connectivity index (χ4v) is 1.21. The second-order valence-electron chi connectivity index (χ2n) is 3.02. The average Bonchev–Trinajstić information content (AvgIpc) is 1.80. The van der Waals surface area contributed by atoms with Gasteiger partial charge in [-0.05, 0) is 25.2 Å². The van der Waals surface area contributed by atoms with Gasteiger partial charge >= 0.3 is 0 Å². The van der Waals surface area contributed by atoms with E-state index >= 15 is 0 Å². The van der Waals surface area contributed by atoms with Crippen LogP contribution in [0.2, 0.25) is 0 Å². The van der Waals surface area contributed by atoms with E-state index in [1.54, 1.807) is 0 Å². The molecule has 0 heterocycles. The van der Waals surface area contributed by atoms with Gasteiger partial charge in [0.05, 0.1) is 0 Å². The summed E-state index contributed by atoms with van der Waals surface area (Å²) in [6.45, 7) is 10.2. The number of hydrogen-bond acceptors (Lipinski definition) is 0. The van der Waals surface area contributed by atoms with Gasteiger partial charge < -0.3 is 0 Å². The molecule has 0 N–H and O–H groups in total. The molecule has 9 heavy (non-hydrogen) atoms. The lowest BCUT2D eigenvalue weighted by atomic mass is 9.84. The van der Waals surface area contributed by atoms with Crippen molar-refractivity contribution in [3.63, 3.8) is 0 Å². The fourth-order valence-electron chi connectivity index (χ4n) is 1.21. The van der Waals surface area contributed by atoms with E-state index in [1.165, 1.54) is 24.0 Å². The predicted molar refractivity (Wildman–Crippen MR) is 41.3 cm³/mol. The van der Waals surface area contributed by atoms with Crippen molar-refractivity contribution in [1.82, 2.24) is 0 Å². The lowest BCUT2D eigenvalue weighted by Gasteiger charge is -2.21. The van der Waals surface area contributed by atoms with Gasteiger partial charge in [-0.3, -0.25) is 0 Å². The van der Waals surface area contributed by atoms with Gasteiger partial charge in [-0.1, -0.05) is 31.2 Å². The van der Waals surface area contributed by atoms with Crippen LogP contribution >= 0.6 is 0 Å². The van der Waals surface area contributed by atoms with Crippen molar-refractivity contribution in [2.24, 2.45) is 5.92 Å². The first kappa shape index (κ1) is 6.60. The van der Waals surface area contributed by atoms with Crippen LogP contribution in [0.3, 0.4) is 0 Å². The highest BCUT2D eigenvalue weighted by Gasteiger charge is 2.13. The summed E-state index contributed by atoms with van der Waals surface area (Å²) in [5.74, 6) is 0.732. The molecule has 0 spiro atoms. The molecule has 0 unspecified atom stereocenters. The summed E-state index contributed by atoms with van der Waals surface area (Å²) in [6, 6.07) is 0. The Kier molecular flexibility index (Phi) is 1.75. The van der Waals surface area contributed by atoms with Crippen molar-refractivity contribution < 1.29 is 0 Å². The molecule has 0 aliphatic heterocycles. The molecule has 50 valence electrons. The summed E-state index contributed by atoms with van der Waals surface area (Å²) in [6.07, 6.45) is 3.54. The number of allylic oxidation sites excluding steroid dienone is 2. The van der Waals surface area contributed by atoms with E-state index in [2.05, 4.69) is 20.1 Å². The molecule has 1 fully saturated rings. The summed E-state index contributed by atoms with van der Waals surface area (Å²) >= 11 is 0. The smallest absolute Gasteiger partial charge is 0.0111 e. The second kappa shape index (κ2) is 2.38. The van der Waals surface area contributed by atoms with Gasteiger partial charge in [-0.2, -0.15) is 0 Å². The Morgan fingerprint density at radius 2 is 2.11 bits per heavy atom. The molecule has 0 aromatic heterocycles. The molecule has 0 bridgehead atoms. The molecule has 0 aromatic rings. The molecule has 1 saturated carbocycles.